The van der Waals surface area contributed by atoms with Crippen molar-refractivity contribution in [3.63, 3.8) is 0 Å². The van der Waals surface area contributed by atoms with Crippen LogP contribution in [0.15, 0.2) is 71.6 Å². The molecule has 0 aliphatic heterocycles. The van der Waals surface area contributed by atoms with Gasteiger partial charge in [0.2, 0.25) is 11.8 Å². The van der Waals surface area contributed by atoms with Crippen molar-refractivity contribution in [2.24, 2.45) is 0 Å². The molecule has 226 valence electrons. The van der Waals surface area contributed by atoms with Crippen LogP contribution in [0.25, 0.3) is 0 Å². The lowest BCUT2D eigenvalue weighted by atomic mass is 10.1. The molecule has 0 aromatic heterocycles. The van der Waals surface area contributed by atoms with Crippen molar-refractivity contribution < 1.29 is 22.7 Å². The Morgan fingerprint density at radius 2 is 1.57 bits per heavy atom. The number of hydrogen-bond acceptors (Lipinski definition) is 5. The Morgan fingerprint density at radius 3 is 2.19 bits per heavy atom. The summed E-state index contributed by atoms with van der Waals surface area (Å²) in [6.45, 7) is 10.9. The van der Waals surface area contributed by atoms with E-state index in [-0.39, 0.29) is 23.4 Å². The molecule has 0 saturated heterocycles. The molecule has 0 saturated carbocycles. The van der Waals surface area contributed by atoms with Crippen LogP contribution in [-0.2, 0) is 26.2 Å². The first-order valence-electron chi connectivity index (χ1n) is 14.3. The largest absolute Gasteiger partial charge is 0.497 e. The van der Waals surface area contributed by atoms with E-state index in [0.29, 0.717) is 23.4 Å². The molecule has 2 amide bonds. The number of sulfonamides is 1. The number of anilines is 1. The Hall–Kier alpha value is -3.85. The van der Waals surface area contributed by atoms with Crippen molar-refractivity contribution >= 4 is 27.5 Å². The van der Waals surface area contributed by atoms with E-state index in [2.05, 4.69) is 5.32 Å². The average molecular weight is 594 g/mol. The van der Waals surface area contributed by atoms with E-state index in [1.54, 1.807) is 43.5 Å². The number of nitrogens with one attached hydrogen (secondary N) is 1. The summed E-state index contributed by atoms with van der Waals surface area (Å²) in [7, 11) is -2.57. The van der Waals surface area contributed by atoms with Gasteiger partial charge in [0.25, 0.3) is 10.0 Å². The lowest BCUT2D eigenvalue weighted by molar-refractivity contribution is -0.140. The summed E-state index contributed by atoms with van der Waals surface area (Å²) in [5.41, 5.74) is 3.68. The van der Waals surface area contributed by atoms with E-state index >= 15 is 0 Å². The number of carbonyl (C=O) groups excluding carboxylic acids is 2. The van der Waals surface area contributed by atoms with Gasteiger partial charge in [-0.25, -0.2) is 8.42 Å². The second kappa shape index (κ2) is 14.4. The van der Waals surface area contributed by atoms with Crippen molar-refractivity contribution in [1.29, 1.82) is 0 Å². The minimum absolute atomic E-state index is 0.0753. The molecule has 0 spiro atoms. The normalized spacial score (nSPS) is 12.7. The second-order valence-electron chi connectivity index (χ2n) is 10.7. The molecule has 0 unspecified atom stereocenters. The zero-order valence-electron chi connectivity index (χ0n) is 25.7. The quantitative estimate of drug-likeness (QED) is 0.281. The molecule has 0 heterocycles. The van der Waals surface area contributed by atoms with Crippen LogP contribution >= 0.6 is 0 Å². The Morgan fingerprint density at radius 1 is 0.905 bits per heavy atom. The second-order valence-corrected chi connectivity index (χ2v) is 12.6. The van der Waals surface area contributed by atoms with Crippen LogP contribution in [0.5, 0.6) is 5.75 Å². The minimum Gasteiger partial charge on any atom is -0.497 e. The third-order valence-corrected chi connectivity index (χ3v) is 9.17. The first-order chi connectivity index (χ1) is 19.9. The Bertz CT molecular complexity index is 1490. The molecular weight excluding hydrogens is 550 g/mol. The van der Waals surface area contributed by atoms with Gasteiger partial charge < -0.3 is 15.0 Å². The molecule has 2 atom stereocenters. The van der Waals surface area contributed by atoms with Crippen LogP contribution in [0.2, 0.25) is 0 Å². The number of carbonyl (C=O) groups is 2. The number of amides is 2. The number of aryl methyl sites for hydroxylation is 3. The third kappa shape index (κ3) is 7.91. The highest BCUT2D eigenvalue weighted by atomic mass is 32.2. The van der Waals surface area contributed by atoms with Crippen LogP contribution in [0, 0.1) is 20.8 Å². The van der Waals surface area contributed by atoms with E-state index in [4.69, 9.17) is 4.74 Å². The number of rotatable bonds is 13. The molecule has 8 nitrogen and oxygen atoms in total. The number of ether oxygens (including phenoxy) is 1. The fraction of sp³-hybridized carbons (Fsp3) is 0.394. The van der Waals surface area contributed by atoms with Gasteiger partial charge in [-0.15, -0.1) is 0 Å². The Balaban J connectivity index is 2.11. The van der Waals surface area contributed by atoms with Crippen molar-refractivity contribution in [3.8, 4) is 5.75 Å². The maximum absolute atomic E-state index is 14.3. The molecule has 1 N–H and O–H groups in total. The lowest BCUT2D eigenvalue weighted by Gasteiger charge is -2.34. The number of nitrogens with zero attached hydrogens (tertiary/aromatic N) is 2. The van der Waals surface area contributed by atoms with Gasteiger partial charge >= 0.3 is 0 Å². The summed E-state index contributed by atoms with van der Waals surface area (Å²) in [5.74, 6) is -0.140. The fourth-order valence-electron chi connectivity index (χ4n) is 4.67. The average Bonchev–Trinajstić information content (AvgIpc) is 2.97. The zero-order valence-corrected chi connectivity index (χ0v) is 26.5. The molecule has 42 heavy (non-hydrogen) atoms. The predicted octanol–water partition coefficient (Wildman–Crippen LogP) is 5.54. The zero-order chi connectivity index (χ0) is 31.0. The van der Waals surface area contributed by atoms with Gasteiger partial charge in [-0.05, 0) is 87.6 Å². The smallest absolute Gasteiger partial charge is 0.264 e. The van der Waals surface area contributed by atoms with Gasteiger partial charge in [0.1, 0.15) is 18.3 Å². The first kappa shape index (κ1) is 32.7. The monoisotopic (exact) mass is 593 g/mol. The van der Waals surface area contributed by atoms with E-state index in [9.17, 15) is 18.0 Å². The van der Waals surface area contributed by atoms with Gasteiger partial charge in [-0.1, -0.05) is 55.8 Å². The molecule has 3 aromatic carbocycles. The number of methoxy groups -OCH3 is 1. The van der Waals surface area contributed by atoms with E-state index in [1.165, 1.54) is 9.21 Å². The summed E-state index contributed by atoms with van der Waals surface area (Å²) in [4.78, 5) is 29.3. The molecule has 3 rings (SSSR count). The summed E-state index contributed by atoms with van der Waals surface area (Å²) in [6, 6.07) is 18.5. The van der Waals surface area contributed by atoms with Gasteiger partial charge in [0.05, 0.1) is 17.7 Å². The van der Waals surface area contributed by atoms with Gasteiger partial charge in [0.15, 0.2) is 0 Å². The fourth-order valence-corrected chi connectivity index (χ4v) is 6.14. The standard InChI is InChI=1S/C33H43N3O5S/c1-8-26(6)34-33(38)30(9-2)35(21-27-11-10-12-28(20-27)41-7)32(37)22-36(31-19-24(4)13-16-25(31)5)42(39,40)29-17-14-23(3)15-18-29/h10-20,26,30H,8-9,21-22H2,1-7H3,(H,34,38)/t26-,30-/m1/s1. The summed E-state index contributed by atoms with van der Waals surface area (Å²) < 4.78 is 34.8. The van der Waals surface area contributed by atoms with E-state index in [0.717, 1.165) is 23.1 Å². The maximum Gasteiger partial charge on any atom is 0.264 e. The molecule has 0 aliphatic rings. The highest BCUT2D eigenvalue weighted by Crippen LogP contribution is 2.29. The van der Waals surface area contributed by atoms with Crippen molar-refractivity contribution in [2.45, 2.75) is 77.9 Å². The lowest BCUT2D eigenvalue weighted by Crippen LogP contribution is -2.53. The topological polar surface area (TPSA) is 96.0 Å². The molecule has 0 bridgehead atoms. The van der Waals surface area contributed by atoms with Gasteiger partial charge in [-0.3, -0.25) is 13.9 Å². The van der Waals surface area contributed by atoms with Gasteiger partial charge in [0, 0.05) is 12.6 Å². The van der Waals surface area contributed by atoms with Crippen molar-refractivity contribution in [3.05, 3.63) is 89.0 Å². The molecule has 0 radical (unpaired) electrons. The molecule has 0 fully saturated rings. The van der Waals surface area contributed by atoms with Crippen molar-refractivity contribution in [1.82, 2.24) is 10.2 Å². The van der Waals surface area contributed by atoms with Crippen LogP contribution < -0.4 is 14.4 Å². The highest BCUT2D eigenvalue weighted by molar-refractivity contribution is 7.92. The van der Waals surface area contributed by atoms with Crippen LogP contribution in [-0.4, -0.2) is 50.9 Å². The maximum atomic E-state index is 14.3. The number of benzene rings is 3. The first-order valence-corrected chi connectivity index (χ1v) is 15.7. The Labute approximate surface area is 250 Å². The molecule has 0 aliphatic carbocycles. The van der Waals surface area contributed by atoms with E-state index < -0.39 is 28.5 Å². The molecular formula is C33H43N3O5S. The van der Waals surface area contributed by atoms with Crippen molar-refractivity contribution in [2.75, 3.05) is 18.0 Å². The summed E-state index contributed by atoms with van der Waals surface area (Å²) in [6.07, 6.45) is 1.09. The SMILES string of the molecule is CC[C@@H](C)NC(=O)[C@@H](CC)N(Cc1cccc(OC)c1)C(=O)CN(c1cc(C)ccc1C)S(=O)(=O)c1ccc(C)cc1. The summed E-state index contributed by atoms with van der Waals surface area (Å²) >= 11 is 0. The predicted molar refractivity (Wildman–Crippen MR) is 167 cm³/mol. The van der Waals surface area contributed by atoms with Gasteiger partial charge in [-0.2, -0.15) is 0 Å². The molecule has 9 heteroatoms. The van der Waals surface area contributed by atoms with Crippen LogP contribution in [0.4, 0.5) is 5.69 Å². The van der Waals surface area contributed by atoms with Crippen LogP contribution in [0.1, 0.15) is 55.9 Å². The third-order valence-electron chi connectivity index (χ3n) is 7.40. The highest BCUT2D eigenvalue weighted by Gasteiger charge is 2.34. The van der Waals surface area contributed by atoms with Crippen LogP contribution in [0.3, 0.4) is 0 Å². The van der Waals surface area contributed by atoms with E-state index in [1.807, 2.05) is 71.9 Å². The number of hydrogen-bond donors (Lipinski definition) is 1. The minimum atomic E-state index is -4.13. The summed E-state index contributed by atoms with van der Waals surface area (Å²) in [5, 5.41) is 3.00. The molecule has 3 aromatic rings. The Kier molecular flexibility index (Phi) is 11.2.